The molecule has 1 aliphatic heterocycles. The van der Waals surface area contributed by atoms with Gasteiger partial charge in [0.2, 0.25) is 10.0 Å². The molecule has 21 heavy (non-hydrogen) atoms. The average molecular weight is 354 g/mol. The van der Waals surface area contributed by atoms with Gasteiger partial charge in [-0.3, -0.25) is 4.79 Å². The SMILES string of the molecule is O=C(O)C1CCCCN1S(=O)(=O)c1cc(Cl)cc(Cl)c1O. The number of nitrogens with zero attached hydrogens (tertiary/aromatic N) is 1. The molecule has 0 saturated carbocycles. The molecule has 1 fully saturated rings. The number of hydrogen-bond acceptors (Lipinski definition) is 4. The van der Waals surface area contributed by atoms with E-state index in [1.165, 1.54) is 6.07 Å². The van der Waals surface area contributed by atoms with Crippen LogP contribution in [-0.2, 0) is 14.8 Å². The highest BCUT2D eigenvalue weighted by atomic mass is 35.5. The summed E-state index contributed by atoms with van der Waals surface area (Å²) in [5.41, 5.74) is 0. The van der Waals surface area contributed by atoms with Crippen LogP contribution in [0.15, 0.2) is 17.0 Å². The zero-order chi connectivity index (χ0) is 15.8. The van der Waals surface area contributed by atoms with Crippen LogP contribution in [0.2, 0.25) is 10.0 Å². The minimum atomic E-state index is -4.20. The van der Waals surface area contributed by atoms with E-state index in [2.05, 4.69) is 0 Å². The summed E-state index contributed by atoms with van der Waals surface area (Å²) in [6.45, 7) is 0.0723. The van der Waals surface area contributed by atoms with Crippen molar-refractivity contribution in [2.24, 2.45) is 0 Å². The maximum absolute atomic E-state index is 12.6. The lowest BCUT2D eigenvalue weighted by Crippen LogP contribution is -2.47. The Morgan fingerprint density at radius 2 is 1.95 bits per heavy atom. The van der Waals surface area contributed by atoms with Crippen LogP contribution in [-0.4, -0.2) is 41.5 Å². The quantitative estimate of drug-likeness (QED) is 0.869. The Balaban J connectivity index is 2.53. The lowest BCUT2D eigenvalue weighted by molar-refractivity contribution is -0.142. The van der Waals surface area contributed by atoms with Gasteiger partial charge in [0.1, 0.15) is 10.9 Å². The van der Waals surface area contributed by atoms with Crippen molar-refractivity contribution in [1.82, 2.24) is 4.31 Å². The van der Waals surface area contributed by atoms with Gasteiger partial charge >= 0.3 is 5.97 Å². The molecule has 0 aliphatic carbocycles. The average Bonchev–Trinajstić information content (AvgIpc) is 2.42. The second-order valence-corrected chi connectivity index (χ2v) is 7.40. The van der Waals surface area contributed by atoms with E-state index in [-0.39, 0.29) is 23.0 Å². The Bertz CT molecular complexity index is 676. The zero-order valence-electron chi connectivity index (χ0n) is 10.8. The molecule has 1 heterocycles. The summed E-state index contributed by atoms with van der Waals surface area (Å²) in [6, 6.07) is 1.12. The monoisotopic (exact) mass is 353 g/mol. The fraction of sp³-hybridized carbons (Fsp3) is 0.417. The Kier molecular flexibility index (Phi) is 4.67. The highest BCUT2D eigenvalue weighted by Crippen LogP contribution is 2.37. The second kappa shape index (κ2) is 6.00. The number of phenols is 1. The second-order valence-electron chi connectivity index (χ2n) is 4.70. The smallest absolute Gasteiger partial charge is 0.322 e. The predicted octanol–water partition coefficient (Wildman–Crippen LogP) is 2.33. The van der Waals surface area contributed by atoms with Crippen LogP contribution in [0.3, 0.4) is 0 Å². The van der Waals surface area contributed by atoms with Crippen LogP contribution in [0.5, 0.6) is 5.75 Å². The van der Waals surface area contributed by atoms with Gasteiger partial charge in [0.15, 0.2) is 5.75 Å². The van der Waals surface area contributed by atoms with Gasteiger partial charge in [0.25, 0.3) is 0 Å². The third kappa shape index (κ3) is 3.11. The van der Waals surface area contributed by atoms with Gasteiger partial charge in [-0.1, -0.05) is 23.2 Å². The lowest BCUT2D eigenvalue weighted by atomic mass is 10.1. The van der Waals surface area contributed by atoms with Crippen molar-refractivity contribution < 1.29 is 23.4 Å². The van der Waals surface area contributed by atoms with Crippen LogP contribution >= 0.6 is 23.2 Å². The molecule has 1 atom stereocenters. The highest BCUT2D eigenvalue weighted by Gasteiger charge is 2.39. The molecule has 1 aliphatic rings. The number of halogens is 2. The number of rotatable bonds is 3. The van der Waals surface area contributed by atoms with E-state index in [1.807, 2.05) is 0 Å². The number of benzene rings is 1. The summed E-state index contributed by atoms with van der Waals surface area (Å²) in [4.78, 5) is 10.8. The number of hydrogen-bond donors (Lipinski definition) is 2. The van der Waals surface area contributed by atoms with Crippen molar-refractivity contribution in [3.05, 3.63) is 22.2 Å². The molecule has 1 aromatic rings. The molecule has 1 aromatic carbocycles. The van der Waals surface area contributed by atoms with Crippen LogP contribution in [0.4, 0.5) is 0 Å². The number of carboxylic acid groups (broad SMARTS) is 1. The fourth-order valence-electron chi connectivity index (χ4n) is 2.30. The Labute approximate surface area is 131 Å². The van der Waals surface area contributed by atoms with E-state index >= 15 is 0 Å². The molecule has 0 aromatic heterocycles. The van der Waals surface area contributed by atoms with Crippen LogP contribution < -0.4 is 0 Å². The van der Waals surface area contributed by atoms with Crippen molar-refractivity contribution >= 4 is 39.2 Å². The Hall–Kier alpha value is -1.02. The van der Waals surface area contributed by atoms with E-state index in [1.54, 1.807) is 0 Å². The van der Waals surface area contributed by atoms with Gasteiger partial charge in [-0.15, -0.1) is 0 Å². The number of aromatic hydroxyl groups is 1. The largest absolute Gasteiger partial charge is 0.505 e. The third-order valence-electron chi connectivity index (χ3n) is 3.32. The summed E-state index contributed by atoms with van der Waals surface area (Å²) >= 11 is 11.5. The first kappa shape index (κ1) is 16.4. The zero-order valence-corrected chi connectivity index (χ0v) is 13.1. The number of phenolic OH excluding ortho intramolecular Hbond substituents is 1. The lowest BCUT2D eigenvalue weighted by Gasteiger charge is -2.32. The van der Waals surface area contributed by atoms with Crippen molar-refractivity contribution in [1.29, 1.82) is 0 Å². The number of sulfonamides is 1. The first-order valence-corrected chi connectivity index (χ1v) is 8.37. The molecule has 9 heteroatoms. The van der Waals surface area contributed by atoms with Crippen LogP contribution in [0, 0.1) is 0 Å². The van der Waals surface area contributed by atoms with Gasteiger partial charge in [-0.2, -0.15) is 4.31 Å². The molecule has 0 amide bonds. The van der Waals surface area contributed by atoms with E-state index in [9.17, 15) is 23.4 Å². The van der Waals surface area contributed by atoms with E-state index in [0.717, 1.165) is 10.4 Å². The number of carboxylic acids is 1. The molecule has 1 unspecified atom stereocenters. The van der Waals surface area contributed by atoms with E-state index < -0.39 is 32.7 Å². The predicted molar refractivity (Wildman–Crippen MR) is 77.3 cm³/mol. The summed E-state index contributed by atoms with van der Waals surface area (Å²) in [5.74, 6) is -1.85. The maximum atomic E-state index is 12.6. The Morgan fingerprint density at radius 1 is 1.29 bits per heavy atom. The highest BCUT2D eigenvalue weighted by molar-refractivity contribution is 7.89. The summed E-state index contributed by atoms with van der Waals surface area (Å²) < 4.78 is 26.1. The van der Waals surface area contributed by atoms with Crippen molar-refractivity contribution in [2.45, 2.75) is 30.2 Å². The Morgan fingerprint density at radius 3 is 2.57 bits per heavy atom. The maximum Gasteiger partial charge on any atom is 0.322 e. The van der Waals surface area contributed by atoms with Crippen LogP contribution in [0.1, 0.15) is 19.3 Å². The molecule has 116 valence electrons. The molecule has 2 N–H and O–H groups in total. The summed E-state index contributed by atoms with van der Waals surface area (Å²) in [6.07, 6.45) is 1.41. The molecule has 0 bridgehead atoms. The molecule has 1 saturated heterocycles. The van der Waals surface area contributed by atoms with E-state index in [0.29, 0.717) is 12.8 Å². The normalized spacial score (nSPS) is 20.4. The van der Waals surface area contributed by atoms with E-state index in [4.69, 9.17) is 23.2 Å². The first-order valence-electron chi connectivity index (χ1n) is 6.18. The molecule has 2 rings (SSSR count). The first-order chi connectivity index (χ1) is 9.75. The third-order valence-corrected chi connectivity index (χ3v) is 5.75. The van der Waals surface area contributed by atoms with Crippen molar-refractivity contribution in [3.63, 3.8) is 0 Å². The topological polar surface area (TPSA) is 94.9 Å². The van der Waals surface area contributed by atoms with Gasteiger partial charge < -0.3 is 10.2 Å². The molecular weight excluding hydrogens is 341 g/mol. The number of carbonyl (C=O) groups is 1. The molecular formula is C12H13Cl2NO5S. The molecule has 0 radical (unpaired) electrons. The van der Waals surface area contributed by atoms with Gasteiger partial charge in [0.05, 0.1) is 5.02 Å². The van der Waals surface area contributed by atoms with Gasteiger partial charge in [-0.05, 0) is 31.4 Å². The molecule has 0 spiro atoms. The molecule has 6 nitrogen and oxygen atoms in total. The summed E-state index contributed by atoms with van der Waals surface area (Å²) in [7, 11) is -4.20. The van der Waals surface area contributed by atoms with Gasteiger partial charge in [0, 0.05) is 11.6 Å². The number of aliphatic carboxylic acids is 1. The van der Waals surface area contributed by atoms with Crippen molar-refractivity contribution in [3.8, 4) is 5.75 Å². The van der Waals surface area contributed by atoms with Gasteiger partial charge in [-0.25, -0.2) is 8.42 Å². The standard InChI is InChI=1S/C12H13Cl2NO5S/c13-7-5-8(14)11(16)10(6-7)21(19,20)15-4-2-1-3-9(15)12(17)18/h5-6,9,16H,1-4H2,(H,17,18). The van der Waals surface area contributed by atoms with Crippen LogP contribution in [0.25, 0.3) is 0 Å². The minimum Gasteiger partial charge on any atom is -0.505 e. The number of piperidine rings is 1. The fourth-order valence-corrected chi connectivity index (χ4v) is 4.70. The summed E-state index contributed by atoms with van der Waals surface area (Å²) in [5, 5.41) is 18.9. The minimum absolute atomic E-state index is 0.0419. The van der Waals surface area contributed by atoms with Crippen molar-refractivity contribution in [2.75, 3.05) is 6.54 Å².